The van der Waals surface area contributed by atoms with Gasteiger partial charge in [0.1, 0.15) is 0 Å². The Balaban J connectivity index is 0.000000861. The van der Waals surface area contributed by atoms with Gasteiger partial charge in [-0.15, -0.1) is 0 Å². The molecule has 2 fully saturated rings. The van der Waals surface area contributed by atoms with Crippen molar-refractivity contribution in [2.75, 3.05) is 20.3 Å². The highest BCUT2D eigenvalue weighted by Gasteiger charge is 2.46. The molecule has 0 bridgehead atoms. The third kappa shape index (κ3) is 3.34. The molecule has 1 saturated carbocycles. The first-order chi connectivity index (χ1) is 8.91. The van der Waals surface area contributed by atoms with E-state index >= 15 is 0 Å². The van der Waals surface area contributed by atoms with E-state index in [-0.39, 0.29) is 5.54 Å². The Morgan fingerprint density at radius 1 is 1.37 bits per heavy atom. The van der Waals surface area contributed by atoms with Crippen LogP contribution in [0.15, 0.2) is 0 Å². The second-order valence-electron chi connectivity index (χ2n) is 6.19. The van der Waals surface area contributed by atoms with E-state index in [9.17, 15) is 0 Å². The molecule has 0 spiro atoms. The Bertz CT molecular complexity index is 279. The number of hydrogen-bond donors (Lipinski definition) is 1. The molecule has 1 heterocycles. The number of ether oxygens (including phenoxy) is 1. The highest BCUT2D eigenvalue weighted by molar-refractivity contribution is 6.15. The minimum Gasteiger partial charge on any atom is -0.377 e. The lowest BCUT2D eigenvalue weighted by Gasteiger charge is -2.55. The van der Waals surface area contributed by atoms with Crippen molar-refractivity contribution >= 4 is 7.85 Å². The molecular formula is C15H31BN2O. The Morgan fingerprint density at radius 2 is 1.95 bits per heavy atom. The van der Waals surface area contributed by atoms with E-state index in [1.165, 1.54) is 6.42 Å². The highest BCUT2D eigenvalue weighted by Crippen LogP contribution is 2.38. The first-order valence-corrected chi connectivity index (χ1v) is 7.79. The van der Waals surface area contributed by atoms with E-state index in [0.29, 0.717) is 12.0 Å². The van der Waals surface area contributed by atoms with Crippen LogP contribution in [-0.4, -0.2) is 50.0 Å². The average molecular weight is 266 g/mol. The van der Waals surface area contributed by atoms with Crippen molar-refractivity contribution in [1.82, 2.24) is 4.90 Å². The summed E-state index contributed by atoms with van der Waals surface area (Å²) in [4.78, 5) is 2.47. The monoisotopic (exact) mass is 266 g/mol. The second-order valence-corrected chi connectivity index (χ2v) is 6.19. The molecule has 0 aromatic rings. The molecule has 1 aliphatic heterocycles. The van der Waals surface area contributed by atoms with Crippen molar-refractivity contribution in [2.24, 2.45) is 11.7 Å². The molecule has 2 radical (unpaired) electrons. The maximum absolute atomic E-state index is 6.28. The third-order valence-electron chi connectivity index (χ3n) is 4.88. The maximum atomic E-state index is 6.28. The van der Waals surface area contributed by atoms with Gasteiger partial charge in [-0.3, -0.25) is 4.90 Å². The molecule has 2 aliphatic rings. The van der Waals surface area contributed by atoms with Crippen molar-refractivity contribution < 1.29 is 4.74 Å². The number of hydrogen-bond acceptors (Lipinski definition) is 3. The molecule has 1 saturated heterocycles. The number of nitrogens with two attached hydrogens (primary N) is 1. The molecule has 0 aromatic heterocycles. The normalized spacial score (nSPS) is 37.2. The molecule has 4 heteroatoms. The Hall–Kier alpha value is -0.0551. The smallest absolute Gasteiger partial charge is 0.0954 e. The van der Waals surface area contributed by atoms with Crippen LogP contribution in [0.2, 0.25) is 0 Å². The Labute approximate surface area is 120 Å². The van der Waals surface area contributed by atoms with Crippen LogP contribution in [0.3, 0.4) is 0 Å². The van der Waals surface area contributed by atoms with E-state index in [0.717, 1.165) is 32.5 Å². The number of nitrogens with zero attached hydrogens (tertiary/aromatic N) is 1. The first-order valence-electron chi connectivity index (χ1n) is 7.79. The molecule has 0 amide bonds. The summed E-state index contributed by atoms with van der Waals surface area (Å²) in [5, 5.41) is 0. The fraction of sp³-hybridized carbons (Fsp3) is 1.00. The van der Waals surface area contributed by atoms with Gasteiger partial charge in [0.25, 0.3) is 0 Å². The molecule has 3 atom stereocenters. The summed E-state index contributed by atoms with van der Waals surface area (Å²) < 4.78 is 5.37. The predicted octanol–water partition coefficient (Wildman–Crippen LogP) is 2.14. The van der Waals surface area contributed by atoms with Crippen molar-refractivity contribution in [3.8, 4) is 0 Å². The van der Waals surface area contributed by atoms with Gasteiger partial charge < -0.3 is 10.5 Å². The summed E-state index contributed by atoms with van der Waals surface area (Å²) in [5.74, 6) is 0.388. The van der Waals surface area contributed by atoms with Gasteiger partial charge in [0.2, 0.25) is 0 Å². The largest absolute Gasteiger partial charge is 0.377 e. The van der Waals surface area contributed by atoms with Crippen molar-refractivity contribution in [3.05, 3.63) is 0 Å². The molecule has 1 aliphatic carbocycles. The third-order valence-corrected chi connectivity index (χ3v) is 4.88. The van der Waals surface area contributed by atoms with Crippen LogP contribution in [0.5, 0.6) is 0 Å². The van der Waals surface area contributed by atoms with Crippen LogP contribution in [0, 0.1) is 5.92 Å². The van der Waals surface area contributed by atoms with Crippen LogP contribution in [0.4, 0.5) is 0 Å². The van der Waals surface area contributed by atoms with Crippen LogP contribution >= 0.6 is 0 Å². The molecule has 0 aromatic carbocycles. The minimum atomic E-state index is -0.493. The lowest BCUT2D eigenvalue weighted by molar-refractivity contribution is -0.146. The van der Waals surface area contributed by atoms with E-state index in [2.05, 4.69) is 25.8 Å². The zero-order valence-electron chi connectivity index (χ0n) is 13.4. The van der Waals surface area contributed by atoms with Crippen molar-refractivity contribution in [1.29, 1.82) is 0 Å². The zero-order valence-corrected chi connectivity index (χ0v) is 13.4. The summed E-state index contributed by atoms with van der Waals surface area (Å²) in [7, 11) is 8.49. The molecule has 3 unspecified atom stereocenters. The number of likely N-dealkylation sites (N-methyl/N-ethyl adjacent to an activating group) is 1. The van der Waals surface area contributed by atoms with Gasteiger partial charge in [0.05, 0.1) is 26.6 Å². The SMILES string of the molecule is CC.[B]C1(N)CCCC(N(C)C2(C)COC2)C1CC. The van der Waals surface area contributed by atoms with Gasteiger partial charge in [0, 0.05) is 6.04 Å². The van der Waals surface area contributed by atoms with Crippen LogP contribution in [-0.2, 0) is 4.74 Å². The van der Waals surface area contributed by atoms with E-state index in [4.69, 9.17) is 18.3 Å². The summed E-state index contributed by atoms with van der Waals surface area (Å²) >= 11 is 0. The van der Waals surface area contributed by atoms with Crippen LogP contribution in [0.25, 0.3) is 0 Å². The standard InChI is InChI=1S/C13H25BN2O.C2H6/c1-4-10-11(6-5-7-13(10,14)15)16(3)12(2)8-17-9-12;1-2/h10-11H,4-9,15H2,1-3H3;1-2H3. The molecule has 3 nitrogen and oxygen atoms in total. The predicted molar refractivity (Wildman–Crippen MR) is 82.4 cm³/mol. The van der Waals surface area contributed by atoms with Gasteiger partial charge in [-0.05, 0) is 38.2 Å². The molecule has 2 rings (SSSR count). The fourth-order valence-corrected chi connectivity index (χ4v) is 3.48. The quantitative estimate of drug-likeness (QED) is 0.795. The topological polar surface area (TPSA) is 38.5 Å². The van der Waals surface area contributed by atoms with Crippen LogP contribution in [0.1, 0.15) is 53.4 Å². The van der Waals surface area contributed by atoms with Gasteiger partial charge in [-0.25, -0.2) is 0 Å². The zero-order chi connectivity index (χ0) is 14.7. The lowest BCUT2D eigenvalue weighted by Crippen LogP contribution is -2.67. The van der Waals surface area contributed by atoms with Gasteiger partial charge in [-0.2, -0.15) is 0 Å². The second kappa shape index (κ2) is 6.60. The molecule has 110 valence electrons. The lowest BCUT2D eigenvalue weighted by atomic mass is 9.58. The van der Waals surface area contributed by atoms with Crippen molar-refractivity contribution in [3.63, 3.8) is 0 Å². The summed E-state index contributed by atoms with van der Waals surface area (Å²) in [6.07, 6.45) is 4.35. The Kier molecular flexibility index (Phi) is 5.90. The van der Waals surface area contributed by atoms with Gasteiger partial charge >= 0.3 is 0 Å². The molecular weight excluding hydrogens is 235 g/mol. The molecule has 19 heavy (non-hydrogen) atoms. The Morgan fingerprint density at radius 3 is 2.37 bits per heavy atom. The summed E-state index contributed by atoms with van der Waals surface area (Å²) in [6, 6.07) is 0.498. The van der Waals surface area contributed by atoms with E-state index < -0.39 is 5.44 Å². The van der Waals surface area contributed by atoms with E-state index in [1.54, 1.807) is 0 Å². The highest BCUT2D eigenvalue weighted by atomic mass is 16.5. The van der Waals surface area contributed by atoms with Crippen LogP contribution < -0.4 is 5.73 Å². The maximum Gasteiger partial charge on any atom is 0.0954 e. The fourth-order valence-electron chi connectivity index (χ4n) is 3.48. The minimum absolute atomic E-state index is 0.186. The van der Waals surface area contributed by atoms with E-state index in [1.807, 2.05) is 13.8 Å². The summed E-state index contributed by atoms with van der Waals surface area (Å²) in [6.45, 7) is 10.1. The number of rotatable bonds is 3. The van der Waals surface area contributed by atoms with Gasteiger partial charge in [0.15, 0.2) is 0 Å². The van der Waals surface area contributed by atoms with Crippen molar-refractivity contribution in [2.45, 2.75) is 70.4 Å². The average Bonchev–Trinajstić information content (AvgIpc) is 2.36. The molecule has 2 N–H and O–H groups in total. The van der Waals surface area contributed by atoms with Gasteiger partial charge in [-0.1, -0.05) is 33.6 Å². The summed E-state index contributed by atoms with van der Waals surface area (Å²) in [5.41, 5.74) is 5.98. The first kappa shape index (κ1) is 17.0.